The molecule has 1 saturated carbocycles. The van der Waals surface area contributed by atoms with Crippen molar-refractivity contribution in [3.63, 3.8) is 0 Å². The number of carbonyl (C=O) groups excluding carboxylic acids is 1. The first kappa shape index (κ1) is 17.9. The van der Waals surface area contributed by atoms with Gasteiger partial charge in [0.1, 0.15) is 11.6 Å². The molecular weight excluding hydrogens is 329 g/mol. The molecule has 0 unspecified atom stereocenters. The van der Waals surface area contributed by atoms with E-state index in [1.807, 2.05) is 31.2 Å². The standard InChI is InChI=1S/C17H18ClF3O2/c1-10-6-4-5-7-11(10)9-23-15(22)14-12(16(14,2)3)8-13(18)17(19,20)21/h4-8,12,14H,9H2,1-3H3/t12-,14-/m1/s1. The van der Waals surface area contributed by atoms with Crippen LogP contribution >= 0.6 is 11.6 Å². The van der Waals surface area contributed by atoms with Gasteiger partial charge in [0.05, 0.1) is 5.92 Å². The predicted octanol–water partition coefficient (Wildman–Crippen LogP) is 5.00. The summed E-state index contributed by atoms with van der Waals surface area (Å²) in [5, 5.41) is -1.19. The first-order valence-corrected chi connectivity index (χ1v) is 7.58. The van der Waals surface area contributed by atoms with E-state index in [0.717, 1.165) is 17.2 Å². The van der Waals surface area contributed by atoms with Crippen LogP contribution in [0.25, 0.3) is 0 Å². The fraction of sp³-hybridized carbons (Fsp3) is 0.471. The fourth-order valence-corrected chi connectivity index (χ4v) is 2.84. The third-order valence-corrected chi connectivity index (χ3v) is 4.73. The Hall–Kier alpha value is -1.49. The van der Waals surface area contributed by atoms with Gasteiger partial charge in [0.25, 0.3) is 0 Å². The van der Waals surface area contributed by atoms with Gasteiger partial charge in [-0.15, -0.1) is 0 Å². The molecule has 0 heterocycles. The average Bonchev–Trinajstić information content (AvgIpc) is 2.97. The van der Waals surface area contributed by atoms with Crippen LogP contribution in [0.15, 0.2) is 35.4 Å². The number of carbonyl (C=O) groups is 1. The van der Waals surface area contributed by atoms with Gasteiger partial charge in [0, 0.05) is 0 Å². The largest absolute Gasteiger partial charge is 0.461 e. The van der Waals surface area contributed by atoms with Crippen molar-refractivity contribution in [3.05, 3.63) is 46.5 Å². The molecule has 0 radical (unpaired) electrons. The Bertz CT molecular complexity index is 635. The average molecular weight is 347 g/mol. The van der Waals surface area contributed by atoms with Crippen molar-refractivity contribution in [3.8, 4) is 0 Å². The van der Waals surface area contributed by atoms with E-state index in [9.17, 15) is 18.0 Å². The summed E-state index contributed by atoms with van der Waals surface area (Å²) in [4.78, 5) is 12.2. The number of esters is 1. The summed E-state index contributed by atoms with van der Waals surface area (Å²) in [6, 6.07) is 7.47. The fourth-order valence-electron chi connectivity index (χ4n) is 2.70. The first-order chi connectivity index (χ1) is 10.5. The van der Waals surface area contributed by atoms with Gasteiger partial charge in [0.15, 0.2) is 0 Å². The Kier molecular flexibility index (Phi) is 4.81. The van der Waals surface area contributed by atoms with Gasteiger partial charge in [-0.05, 0) is 29.4 Å². The number of hydrogen-bond donors (Lipinski definition) is 0. The van der Waals surface area contributed by atoms with E-state index in [4.69, 9.17) is 16.3 Å². The molecule has 1 aromatic carbocycles. The summed E-state index contributed by atoms with van der Waals surface area (Å²) in [5.74, 6) is -1.67. The normalized spacial score (nSPS) is 23.5. The van der Waals surface area contributed by atoms with Gasteiger partial charge < -0.3 is 4.74 Å². The minimum Gasteiger partial charge on any atom is -0.461 e. The Morgan fingerprint density at radius 2 is 1.96 bits per heavy atom. The lowest BCUT2D eigenvalue weighted by atomic mass is 10.1. The van der Waals surface area contributed by atoms with Crippen LogP contribution < -0.4 is 0 Å². The van der Waals surface area contributed by atoms with Gasteiger partial charge >= 0.3 is 12.1 Å². The van der Waals surface area contributed by atoms with Crippen LogP contribution in [0.1, 0.15) is 25.0 Å². The van der Waals surface area contributed by atoms with E-state index in [-0.39, 0.29) is 6.61 Å². The van der Waals surface area contributed by atoms with E-state index < -0.39 is 34.4 Å². The lowest BCUT2D eigenvalue weighted by molar-refractivity contribution is -0.147. The minimum absolute atomic E-state index is 0.113. The van der Waals surface area contributed by atoms with Gasteiger partial charge in [-0.25, -0.2) is 0 Å². The summed E-state index contributed by atoms with van der Waals surface area (Å²) >= 11 is 5.27. The number of benzene rings is 1. The van der Waals surface area contributed by atoms with Crippen LogP contribution in [0, 0.1) is 24.2 Å². The summed E-state index contributed by atoms with van der Waals surface area (Å²) in [7, 11) is 0. The Labute approximate surface area is 138 Å². The van der Waals surface area contributed by atoms with Gasteiger partial charge in [0.2, 0.25) is 0 Å². The zero-order chi connectivity index (χ0) is 17.4. The lowest BCUT2D eigenvalue weighted by Gasteiger charge is -2.08. The molecule has 2 nitrogen and oxygen atoms in total. The highest BCUT2D eigenvalue weighted by atomic mass is 35.5. The number of allylic oxidation sites excluding steroid dienone is 2. The highest BCUT2D eigenvalue weighted by Crippen LogP contribution is 2.60. The first-order valence-electron chi connectivity index (χ1n) is 7.21. The molecule has 0 amide bonds. The van der Waals surface area contributed by atoms with E-state index in [0.29, 0.717) is 0 Å². The molecule has 0 aliphatic heterocycles. The molecule has 2 atom stereocenters. The molecule has 0 bridgehead atoms. The van der Waals surface area contributed by atoms with Crippen molar-refractivity contribution in [2.75, 3.05) is 0 Å². The lowest BCUT2D eigenvalue weighted by Crippen LogP contribution is -2.11. The van der Waals surface area contributed by atoms with Crippen LogP contribution in [-0.2, 0) is 16.1 Å². The second-order valence-corrected chi connectivity index (χ2v) is 6.78. The SMILES string of the molecule is Cc1ccccc1COC(=O)[C@H]1[C@@H](C=C(Cl)C(F)(F)F)C1(C)C. The van der Waals surface area contributed by atoms with E-state index in [1.165, 1.54) is 0 Å². The molecule has 2 rings (SSSR count). The summed E-state index contributed by atoms with van der Waals surface area (Å²) < 4.78 is 42.8. The van der Waals surface area contributed by atoms with Crippen LogP contribution in [-0.4, -0.2) is 12.1 Å². The van der Waals surface area contributed by atoms with Crippen molar-refractivity contribution in [1.29, 1.82) is 0 Å². The molecule has 0 N–H and O–H groups in total. The Morgan fingerprint density at radius 1 is 1.35 bits per heavy atom. The molecular formula is C17H18ClF3O2. The molecule has 6 heteroatoms. The maximum absolute atomic E-state index is 12.5. The van der Waals surface area contributed by atoms with Gasteiger partial charge in [-0.1, -0.05) is 55.8 Å². The Morgan fingerprint density at radius 3 is 2.52 bits per heavy atom. The number of hydrogen-bond acceptors (Lipinski definition) is 2. The smallest absolute Gasteiger partial charge is 0.426 e. The van der Waals surface area contributed by atoms with Crippen molar-refractivity contribution in [1.82, 2.24) is 0 Å². The van der Waals surface area contributed by atoms with Gasteiger partial charge in [-0.2, -0.15) is 13.2 Å². The van der Waals surface area contributed by atoms with Crippen LogP contribution in [0.3, 0.4) is 0 Å². The zero-order valence-electron chi connectivity index (χ0n) is 13.1. The molecule has 23 heavy (non-hydrogen) atoms. The monoisotopic (exact) mass is 346 g/mol. The minimum atomic E-state index is -4.59. The molecule has 1 aliphatic rings. The van der Waals surface area contributed by atoms with Gasteiger partial charge in [-0.3, -0.25) is 4.79 Å². The van der Waals surface area contributed by atoms with E-state index >= 15 is 0 Å². The maximum Gasteiger partial charge on any atom is 0.426 e. The molecule has 0 saturated heterocycles. The molecule has 1 fully saturated rings. The summed E-state index contributed by atoms with van der Waals surface area (Å²) in [6.07, 6.45) is -3.67. The number of halogens is 4. The molecule has 0 aromatic heterocycles. The van der Waals surface area contributed by atoms with Crippen molar-refractivity contribution < 1.29 is 22.7 Å². The number of rotatable bonds is 4. The summed E-state index contributed by atoms with van der Waals surface area (Å²) in [5.41, 5.74) is 1.28. The number of alkyl halides is 3. The van der Waals surface area contributed by atoms with Crippen molar-refractivity contribution in [2.24, 2.45) is 17.3 Å². The molecule has 1 aromatic rings. The molecule has 0 spiro atoms. The topological polar surface area (TPSA) is 26.3 Å². The quantitative estimate of drug-likeness (QED) is 0.717. The van der Waals surface area contributed by atoms with E-state index in [1.54, 1.807) is 13.8 Å². The van der Waals surface area contributed by atoms with Crippen molar-refractivity contribution >= 4 is 17.6 Å². The predicted molar refractivity (Wildman–Crippen MR) is 81.7 cm³/mol. The van der Waals surface area contributed by atoms with Crippen LogP contribution in [0.4, 0.5) is 13.2 Å². The number of ether oxygens (including phenoxy) is 1. The second kappa shape index (κ2) is 6.19. The zero-order valence-corrected chi connectivity index (χ0v) is 13.8. The highest BCUT2D eigenvalue weighted by molar-refractivity contribution is 6.30. The third-order valence-electron chi connectivity index (χ3n) is 4.39. The maximum atomic E-state index is 12.5. The summed E-state index contributed by atoms with van der Waals surface area (Å²) in [6.45, 7) is 5.48. The molecule has 126 valence electrons. The van der Waals surface area contributed by atoms with Crippen LogP contribution in [0.2, 0.25) is 0 Å². The molecule has 1 aliphatic carbocycles. The van der Waals surface area contributed by atoms with Crippen LogP contribution in [0.5, 0.6) is 0 Å². The highest BCUT2D eigenvalue weighted by Gasteiger charge is 2.62. The third kappa shape index (κ3) is 3.89. The van der Waals surface area contributed by atoms with Crippen molar-refractivity contribution in [2.45, 2.75) is 33.6 Å². The Balaban J connectivity index is 2.02. The number of aryl methyl sites for hydroxylation is 1. The van der Waals surface area contributed by atoms with E-state index in [2.05, 4.69) is 0 Å². The second-order valence-electron chi connectivity index (χ2n) is 6.37.